The highest BCUT2D eigenvalue weighted by atomic mass is 16.6. The number of fused-ring (bicyclic) bond motifs is 1. The van der Waals surface area contributed by atoms with Crippen molar-refractivity contribution in [3.8, 4) is 11.6 Å². The summed E-state index contributed by atoms with van der Waals surface area (Å²) in [7, 11) is 0. The first kappa shape index (κ1) is 17.9. The van der Waals surface area contributed by atoms with Gasteiger partial charge in [-0.25, -0.2) is 4.98 Å². The van der Waals surface area contributed by atoms with Gasteiger partial charge in [-0.15, -0.1) is 0 Å². The Morgan fingerprint density at radius 3 is 2.61 bits per heavy atom. The molecule has 142 valence electrons. The van der Waals surface area contributed by atoms with Crippen LogP contribution in [0.5, 0.6) is 11.6 Å². The molecule has 0 fully saturated rings. The quantitative estimate of drug-likeness (QED) is 0.497. The van der Waals surface area contributed by atoms with E-state index in [0.29, 0.717) is 18.8 Å². The van der Waals surface area contributed by atoms with Gasteiger partial charge in [0.05, 0.1) is 4.92 Å². The standard InChI is InChI=1S/C21H20N4O3/c1-14-7-8-18(11-15(14)2)28-21-19(25(26)27)20(22-13-23-21)24-10-9-16-5-3-4-6-17(16)12-24/h3-8,11,13H,9-10,12H2,1-2H3. The van der Waals surface area contributed by atoms with Gasteiger partial charge in [-0.1, -0.05) is 30.3 Å². The summed E-state index contributed by atoms with van der Waals surface area (Å²) in [4.78, 5) is 21.6. The summed E-state index contributed by atoms with van der Waals surface area (Å²) in [6.07, 6.45) is 2.13. The maximum absolute atomic E-state index is 11.9. The molecule has 0 radical (unpaired) electrons. The molecular weight excluding hydrogens is 356 g/mol. The first-order chi connectivity index (χ1) is 13.5. The van der Waals surface area contributed by atoms with Crippen LogP contribution in [0, 0.1) is 24.0 Å². The Hall–Kier alpha value is -3.48. The van der Waals surface area contributed by atoms with Crippen LogP contribution in [0.2, 0.25) is 0 Å². The van der Waals surface area contributed by atoms with Crippen LogP contribution in [0.15, 0.2) is 48.8 Å². The molecule has 7 heteroatoms. The fourth-order valence-electron chi connectivity index (χ4n) is 3.39. The molecule has 0 aliphatic carbocycles. The zero-order chi connectivity index (χ0) is 19.7. The number of aromatic nitrogens is 2. The number of hydrogen-bond donors (Lipinski definition) is 0. The van der Waals surface area contributed by atoms with Crippen LogP contribution in [-0.4, -0.2) is 21.4 Å². The molecule has 0 amide bonds. The Labute approximate surface area is 162 Å². The number of aryl methyl sites for hydroxylation is 2. The third-order valence-electron chi connectivity index (χ3n) is 5.08. The van der Waals surface area contributed by atoms with Crippen LogP contribution in [0.3, 0.4) is 0 Å². The third kappa shape index (κ3) is 3.38. The summed E-state index contributed by atoms with van der Waals surface area (Å²) in [5.41, 5.74) is 4.37. The number of ether oxygens (including phenoxy) is 1. The van der Waals surface area contributed by atoms with Crippen molar-refractivity contribution < 1.29 is 9.66 Å². The largest absolute Gasteiger partial charge is 0.434 e. The van der Waals surface area contributed by atoms with Gasteiger partial charge in [0.15, 0.2) is 0 Å². The highest BCUT2D eigenvalue weighted by Crippen LogP contribution is 2.38. The molecule has 1 aromatic heterocycles. The molecule has 0 saturated heterocycles. The van der Waals surface area contributed by atoms with E-state index >= 15 is 0 Å². The topological polar surface area (TPSA) is 81.4 Å². The van der Waals surface area contributed by atoms with Gasteiger partial charge in [0.1, 0.15) is 12.1 Å². The molecule has 0 saturated carbocycles. The summed E-state index contributed by atoms with van der Waals surface area (Å²) in [6, 6.07) is 13.7. The first-order valence-corrected chi connectivity index (χ1v) is 9.09. The van der Waals surface area contributed by atoms with Crippen LogP contribution < -0.4 is 9.64 Å². The lowest BCUT2D eigenvalue weighted by molar-refractivity contribution is -0.385. The maximum Gasteiger partial charge on any atom is 0.373 e. The Kier molecular flexibility index (Phi) is 4.65. The van der Waals surface area contributed by atoms with Gasteiger partial charge in [0.25, 0.3) is 0 Å². The minimum Gasteiger partial charge on any atom is -0.434 e. The van der Waals surface area contributed by atoms with E-state index in [1.54, 1.807) is 6.07 Å². The molecule has 28 heavy (non-hydrogen) atoms. The summed E-state index contributed by atoms with van der Waals surface area (Å²) in [5, 5.41) is 11.9. The van der Waals surface area contributed by atoms with Crippen molar-refractivity contribution >= 4 is 11.5 Å². The zero-order valence-corrected chi connectivity index (χ0v) is 15.8. The summed E-state index contributed by atoms with van der Waals surface area (Å²) >= 11 is 0. The zero-order valence-electron chi connectivity index (χ0n) is 15.8. The van der Waals surface area contributed by atoms with Gasteiger partial charge in [0.2, 0.25) is 5.82 Å². The minimum atomic E-state index is -0.466. The Morgan fingerprint density at radius 2 is 1.86 bits per heavy atom. The van der Waals surface area contributed by atoms with E-state index in [2.05, 4.69) is 16.0 Å². The van der Waals surface area contributed by atoms with E-state index in [1.165, 1.54) is 11.9 Å². The molecule has 7 nitrogen and oxygen atoms in total. The smallest absolute Gasteiger partial charge is 0.373 e. The molecule has 4 rings (SSSR count). The van der Waals surface area contributed by atoms with Gasteiger partial charge >= 0.3 is 11.6 Å². The lowest BCUT2D eigenvalue weighted by atomic mass is 10.00. The minimum absolute atomic E-state index is 0.0443. The van der Waals surface area contributed by atoms with E-state index in [-0.39, 0.29) is 17.4 Å². The van der Waals surface area contributed by atoms with Gasteiger partial charge in [0, 0.05) is 13.1 Å². The van der Waals surface area contributed by atoms with E-state index in [1.807, 2.05) is 49.1 Å². The summed E-state index contributed by atoms with van der Waals surface area (Å²) in [5.74, 6) is 0.755. The average molecular weight is 376 g/mol. The predicted octanol–water partition coefficient (Wildman–Crippen LogP) is 4.36. The number of nitro groups is 1. The van der Waals surface area contributed by atoms with Crippen LogP contribution in [0.1, 0.15) is 22.3 Å². The average Bonchev–Trinajstić information content (AvgIpc) is 2.70. The molecule has 2 aromatic carbocycles. The second kappa shape index (κ2) is 7.26. The lowest BCUT2D eigenvalue weighted by Crippen LogP contribution is -2.31. The Balaban J connectivity index is 1.70. The van der Waals surface area contributed by atoms with Crippen LogP contribution >= 0.6 is 0 Å². The number of anilines is 1. The SMILES string of the molecule is Cc1ccc(Oc2ncnc(N3CCc4ccccc4C3)c2[N+](=O)[O-])cc1C. The number of hydrogen-bond acceptors (Lipinski definition) is 6. The van der Waals surface area contributed by atoms with Crippen molar-refractivity contribution in [3.63, 3.8) is 0 Å². The van der Waals surface area contributed by atoms with Crippen molar-refractivity contribution in [2.24, 2.45) is 0 Å². The Bertz CT molecular complexity index is 1050. The number of benzene rings is 2. The fraction of sp³-hybridized carbons (Fsp3) is 0.238. The van der Waals surface area contributed by atoms with Crippen LogP contribution in [0.4, 0.5) is 11.5 Å². The molecule has 0 bridgehead atoms. The molecule has 0 unspecified atom stereocenters. The monoisotopic (exact) mass is 376 g/mol. The van der Waals surface area contributed by atoms with E-state index < -0.39 is 4.92 Å². The molecule has 0 N–H and O–H groups in total. The van der Waals surface area contributed by atoms with Crippen LogP contribution in [0.25, 0.3) is 0 Å². The molecule has 0 spiro atoms. The highest BCUT2D eigenvalue weighted by Gasteiger charge is 2.30. The second-order valence-corrected chi connectivity index (χ2v) is 6.90. The van der Waals surface area contributed by atoms with Crippen molar-refractivity contribution in [1.82, 2.24) is 9.97 Å². The molecule has 1 aliphatic heterocycles. The van der Waals surface area contributed by atoms with Gasteiger partial charge in [-0.3, -0.25) is 10.1 Å². The summed E-state index contributed by atoms with van der Waals surface area (Å²) in [6.45, 7) is 5.18. The van der Waals surface area contributed by atoms with Gasteiger partial charge < -0.3 is 9.64 Å². The normalized spacial score (nSPS) is 13.1. The predicted molar refractivity (Wildman–Crippen MR) is 106 cm³/mol. The van der Waals surface area contributed by atoms with E-state index in [4.69, 9.17) is 4.74 Å². The number of nitrogens with zero attached hydrogens (tertiary/aromatic N) is 4. The van der Waals surface area contributed by atoms with Crippen molar-refractivity contribution in [2.45, 2.75) is 26.8 Å². The van der Waals surface area contributed by atoms with E-state index in [9.17, 15) is 10.1 Å². The maximum atomic E-state index is 11.9. The molecule has 1 aliphatic rings. The van der Waals surface area contributed by atoms with Gasteiger partial charge in [-0.05, 0) is 54.7 Å². The molecular formula is C21H20N4O3. The van der Waals surface area contributed by atoms with Gasteiger partial charge in [-0.2, -0.15) is 4.98 Å². The Morgan fingerprint density at radius 1 is 1.07 bits per heavy atom. The third-order valence-corrected chi connectivity index (χ3v) is 5.08. The first-order valence-electron chi connectivity index (χ1n) is 9.09. The van der Waals surface area contributed by atoms with E-state index in [0.717, 1.165) is 23.1 Å². The fourth-order valence-corrected chi connectivity index (χ4v) is 3.39. The second-order valence-electron chi connectivity index (χ2n) is 6.90. The molecule has 2 heterocycles. The molecule has 3 aromatic rings. The van der Waals surface area contributed by atoms with Crippen molar-refractivity contribution in [2.75, 3.05) is 11.4 Å². The van der Waals surface area contributed by atoms with Crippen LogP contribution in [-0.2, 0) is 13.0 Å². The highest BCUT2D eigenvalue weighted by molar-refractivity contribution is 5.64. The number of rotatable bonds is 4. The van der Waals surface area contributed by atoms with Crippen molar-refractivity contribution in [1.29, 1.82) is 0 Å². The lowest BCUT2D eigenvalue weighted by Gasteiger charge is -2.29. The summed E-state index contributed by atoms with van der Waals surface area (Å²) < 4.78 is 5.79. The molecule has 0 atom stereocenters. The van der Waals surface area contributed by atoms with Crippen molar-refractivity contribution in [3.05, 3.63) is 81.2 Å².